The maximum absolute atomic E-state index is 11.2. The molecule has 0 heterocycles. The molecule has 5 heteroatoms. The molecule has 0 unspecified atom stereocenters. The second-order valence-electron chi connectivity index (χ2n) is 3.77. The first-order chi connectivity index (χ1) is 7.91. The molecule has 0 aliphatic heterocycles. The molecule has 17 heavy (non-hydrogen) atoms. The largest absolute Gasteiger partial charge is 0.504 e. The van der Waals surface area contributed by atoms with Crippen LogP contribution in [0.3, 0.4) is 0 Å². The van der Waals surface area contributed by atoms with Crippen molar-refractivity contribution in [2.75, 3.05) is 6.54 Å². The molecule has 0 fully saturated rings. The van der Waals surface area contributed by atoms with E-state index in [-0.39, 0.29) is 17.4 Å². The summed E-state index contributed by atoms with van der Waals surface area (Å²) < 4.78 is 0. The number of hydrogen-bond donors (Lipinski definition) is 4. The number of rotatable bonds is 4. The molecule has 0 atom stereocenters. The first-order valence-corrected chi connectivity index (χ1v) is 5.09. The van der Waals surface area contributed by atoms with Gasteiger partial charge in [-0.15, -0.1) is 0 Å². The minimum absolute atomic E-state index is 0.239. The molecular formula is C12H15NO4. The molecule has 0 bridgehead atoms. The smallest absolute Gasteiger partial charge is 0.246 e. The lowest BCUT2D eigenvalue weighted by atomic mass is 10.1. The Balaban J connectivity index is 2.59. The van der Waals surface area contributed by atoms with Gasteiger partial charge in [-0.1, -0.05) is 6.58 Å². The van der Waals surface area contributed by atoms with Gasteiger partial charge in [-0.2, -0.15) is 0 Å². The summed E-state index contributed by atoms with van der Waals surface area (Å²) in [6, 6.07) is 2.67. The van der Waals surface area contributed by atoms with Crippen molar-refractivity contribution in [3.05, 3.63) is 29.8 Å². The molecule has 0 aliphatic rings. The predicted octanol–water partition coefficient (Wildman–Crippen LogP) is 1.04. The van der Waals surface area contributed by atoms with Crippen molar-refractivity contribution in [3.8, 4) is 17.2 Å². The monoisotopic (exact) mass is 237 g/mol. The van der Waals surface area contributed by atoms with E-state index in [0.717, 1.165) is 0 Å². The van der Waals surface area contributed by atoms with E-state index in [1.54, 1.807) is 6.92 Å². The number of carbonyl (C=O) groups excluding carboxylic acids is 1. The summed E-state index contributed by atoms with van der Waals surface area (Å²) in [6.07, 6.45) is 0.431. The van der Waals surface area contributed by atoms with E-state index in [4.69, 9.17) is 5.11 Å². The molecule has 1 rings (SSSR count). The molecular weight excluding hydrogens is 222 g/mol. The fourth-order valence-electron chi connectivity index (χ4n) is 1.28. The molecule has 1 amide bonds. The van der Waals surface area contributed by atoms with Gasteiger partial charge in [0.15, 0.2) is 17.2 Å². The maximum atomic E-state index is 11.2. The van der Waals surface area contributed by atoms with Crippen LogP contribution in [-0.4, -0.2) is 27.8 Å². The van der Waals surface area contributed by atoms with E-state index in [2.05, 4.69) is 11.9 Å². The Morgan fingerprint density at radius 3 is 2.29 bits per heavy atom. The van der Waals surface area contributed by atoms with Crippen LogP contribution in [-0.2, 0) is 11.2 Å². The number of carbonyl (C=O) groups is 1. The van der Waals surface area contributed by atoms with E-state index in [0.29, 0.717) is 24.1 Å². The van der Waals surface area contributed by atoms with Crippen LogP contribution in [0.15, 0.2) is 24.3 Å². The second-order valence-corrected chi connectivity index (χ2v) is 3.77. The van der Waals surface area contributed by atoms with E-state index >= 15 is 0 Å². The van der Waals surface area contributed by atoms with Crippen LogP contribution < -0.4 is 5.32 Å². The highest BCUT2D eigenvalue weighted by atomic mass is 16.3. The van der Waals surface area contributed by atoms with E-state index in [9.17, 15) is 15.0 Å². The quantitative estimate of drug-likeness (QED) is 0.465. The number of amides is 1. The highest BCUT2D eigenvalue weighted by Crippen LogP contribution is 2.35. The first-order valence-electron chi connectivity index (χ1n) is 5.09. The van der Waals surface area contributed by atoms with Crippen LogP contribution in [0.1, 0.15) is 12.5 Å². The lowest BCUT2D eigenvalue weighted by Crippen LogP contribution is -2.25. The molecule has 4 N–H and O–H groups in total. The summed E-state index contributed by atoms with van der Waals surface area (Å²) in [6.45, 7) is 5.46. The third-order valence-corrected chi connectivity index (χ3v) is 2.22. The van der Waals surface area contributed by atoms with Gasteiger partial charge in [0.05, 0.1) is 0 Å². The van der Waals surface area contributed by atoms with Crippen molar-refractivity contribution in [1.82, 2.24) is 5.32 Å². The summed E-state index contributed by atoms with van der Waals surface area (Å²) in [4.78, 5) is 11.2. The lowest BCUT2D eigenvalue weighted by Gasteiger charge is -2.07. The summed E-state index contributed by atoms with van der Waals surface area (Å²) >= 11 is 0. The van der Waals surface area contributed by atoms with Gasteiger partial charge in [0.2, 0.25) is 5.91 Å². The predicted molar refractivity (Wildman–Crippen MR) is 63.0 cm³/mol. The number of hydrogen-bond acceptors (Lipinski definition) is 4. The molecule has 0 aliphatic carbocycles. The van der Waals surface area contributed by atoms with Gasteiger partial charge in [0.25, 0.3) is 0 Å². The molecule has 0 saturated carbocycles. The molecule has 0 spiro atoms. The van der Waals surface area contributed by atoms with Crippen LogP contribution >= 0.6 is 0 Å². The van der Waals surface area contributed by atoms with Gasteiger partial charge in [0.1, 0.15) is 0 Å². The van der Waals surface area contributed by atoms with E-state index in [1.807, 2.05) is 0 Å². The molecule has 0 radical (unpaired) electrons. The number of aromatic hydroxyl groups is 3. The number of nitrogens with one attached hydrogen (secondary N) is 1. The van der Waals surface area contributed by atoms with Gasteiger partial charge in [-0.3, -0.25) is 4.79 Å². The fraction of sp³-hybridized carbons (Fsp3) is 0.250. The van der Waals surface area contributed by atoms with Crippen molar-refractivity contribution < 1.29 is 20.1 Å². The highest BCUT2D eigenvalue weighted by Gasteiger charge is 2.08. The van der Waals surface area contributed by atoms with Crippen LogP contribution in [0.4, 0.5) is 0 Å². The summed E-state index contributed by atoms with van der Waals surface area (Å²) in [5, 5.41) is 30.3. The zero-order valence-corrected chi connectivity index (χ0v) is 9.53. The van der Waals surface area contributed by atoms with Crippen molar-refractivity contribution in [2.45, 2.75) is 13.3 Å². The van der Waals surface area contributed by atoms with Gasteiger partial charge in [0, 0.05) is 12.1 Å². The number of benzene rings is 1. The first kappa shape index (κ1) is 12.9. The van der Waals surface area contributed by atoms with Crippen LogP contribution in [0.2, 0.25) is 0 Å². The summed E-state index contributed by atoms with van der Waals surface area (Å²) in [7, 11) is 0. The highest BCUT2D eigenvalue weighted by molar-refractivity contribution is 5.92. The van der Waals surface area contributed by atoms with Crippen molar-refractivity contribution >= 4 is 5.91 Å². The third-order valence-electron chi connectivity index (χ3n) is 2.22. The maximum Gasteiger partial charge on any atom is 0.246 e. The molecule has 0 saturated heterocycles. The normalized spacial score (nSPS) is 9.94. The minimum atomic E-state index is -0.542. The van der Waals surface area contributed by atoms with Crippen LogP contribution in [0.25, 0.3) is 0 Å². The van der Waals surface area contributed by atoms with Crippen molar-refractivity contribution in [2.24, 2.45) is 0 Å². The van der Waals surface area contributed by atoms with Gasteiger partial charge in [-0.05, 0) is 31.0 Å². The van der Waals surface area contributed by atoms with Crippen LogP contribution in [0.5, 0.6) is 17.2 Å². The Morgan fingerprint density at radius 1 is 1.29 bits per heavy atom. The average molecular weight is 237 g/mol. The zero-order chi connectivity index (χ0) is 13.0. The summed E-state index contributed by atoms with van der Waals surface area (Å²) in [5.41, 5.74) is 1.03. The number of phenols is 3. The minimum Gasteiger partial charge on any atom is -0.504 e. The van der Waals surface area contributed by atoms with Crippen LogP contribution in [0, 0.1) is 0 Å². The Kier molecular flexibility index (Phi) is 3.98. The van der Waals surface area contributed by atoms with E-state index in [1.165, 1.54) is 12.1 Å². The summed E-state index contributed by atoms with van der Waals surface area (Å²) in [5.74, 6) is -1.55. The van der Waals surface area contributed by atoms with Gasteiger partial charge >= 0.3 is 0 Å². The molecule has 5 nitrogen and oxygen atoms in total. The Morgan fingerprint density at radius 2 is 1.82 bits per heavy atom. The van der Waals surface area contributed by atoms with Crippen molar-refractivity contribution in [3.63, 3.8) is 0 Å². The molecule has 1 aromatic carbocycles. The topological polar surface area (TPSA) is 89.8 Å². The average Bonchev–Trinajstić information content (AvgIpc) is 2.25. The standard InChI is InChI=1S/C12H15NO4/c1-7(2)12(17)13-4-3-8-5-9(14)11(16)10(15)6-8/h5-6,14-16H,1,3-4H2,2H3,(H,13,17). The zero-order valence-electron chi connectivity index (χ0n) is 9.53. The molecule has 0 aromatic heterocycles. The van der Waals surface area contributed by atoms with E-state index < -0.39 is 5.75 Å². The van der Waals surface area contributed by atoms with Crippen molar-refractivity contribution in [1.29, 1.82) is 0 Å². The fourth-order valence-corrected chi connectivity index (χ4v) is 1.28. The Hall–Kier alpha value is -2.17. The molecule has 1 aromatic rings. The number of phenolic OH excluding ortho intramolecular Hbond substituents is 3. The van der Waals surface area contributed by atoms with Gasteiger partial charge < -0.3 is 20.6 Å². The lowest BCUT2D eigenvalue weighted by molar-refractivity contribution is -0.117. The molecule has 92 valence electrons. The SMILES string of the molecule is C=C(C)C(=O)NCCc1cc(O)c(O)c(O)c1. The Bertz CT molecular complexity index is 431. The third kappa shape index (κ3) is 3.41. The van der Waals surface area contributed by atoms with Gasteiger partial charge in [-0.25, -0.2) is 0 Å². The second kappa shape index (κ2) is 5.25. The Labute approximate surface area is 99.0 Å².